The number of nitrogens with zero attached hydrogens (tertiary/aromatic N) is 1. The maximum Gasteiger partial charge on any atom is 0.333 e. The summed E-state index contributed by atoms with van der Waals surface area (Å²) >= 11 is 7.21. The van der Waals surface area contributed by atoms with Gasteiger partial charge < -0.3 is 10.1 Å². The Bertz CT molecular complexity index is 1300. The number of aromatic nitrogens is 1. The van der Waals surface area contributed by atoms with Crippen LogP contribution in [0.15, 0.2) is 53.3 Å². The molecule has 0 bridgehead atoms. The number of esters is 1. The number of benzene rings is 2. The molecule has 1 heterocycles. The van der Waals surface area contributed by atoms with Gasteiger partial charge in [-0.25, -0.2) is 9.18 Å². The Balaban J connectivity index is 2.02. The first-order valence-corrected chi connectivity index (χ1v) is 10.5. The van der Waals surface area contributed by atoms with E-state index in [9.17, 15) is 18.8 Å². The first kappa shape index (κ1) is 22.5. The molecule has 31 heavy (non-hydrogen) atoms. The van der Waals surface area contributed by atoms with Crippen LogP contribution in [0.1, 0.15) is 12.5 Å². The van der Waals surface area contributed by atoms with Crippen molar-refractivity contribution in [2.75, 3.05) is 11.9 Å². The smallest absolute Gasteiger partial charge is 0.333 e. The molecule has 0 saturated carbocycles. The van der Waals surface area contributed by atoms with E-state index in [-0.39, 0.29) is 23.5 Å². The highest BCUT2D eigenvalue weighted by Gasteiger charge is 2.12. The number of amides is 1. The average Bonchev–Trinajstić information content (AvgIpc) is 2.98. The number of anilines is 1. The van der Waals surface area contributed by atoms with Crippen molar-refractivity contribution in [3.63, 3.8) is 0 Å². The van der Waals surface area contributed by atoms with Crippen LogP contribution in [0.4, 0.5) is 10.1 Å². The van der Waals surface area contributed by atoms with Crippen molar-refractivity contribution in [2.45, 2.75) is 13.5 Å². The van der Waals surface area contributed by atoms with Crippen LogP contribution in [0.2, 0.25) is 5.02 Å². The van der Waals surface area contributed by atoms with Gasteiger partial charge in [0.25, 0.3) is 5.56 Å². The molecular weight excluding hydrogens is 443 g/mol. The van der Waals surface area contributed by atoms with E-state index in [0.717, 1.165) is 23.5 Å². The molecule has 3 rings (SSSR count). The lowest BCUT2D eigenvalue weighted by molar-refractivity contribution is -0.135. The van der Waals surface area contributed by atoms with Crippen LogP contribution in [-0.4, -0.2) is 23.1 Å². The van der Waals surface area contributed by atoms with Crippen LogP contribution in [0.25, 0.3) is 12.2 Å². The van der Waals surface area contributed by atoms with Crippen molar-refractivity contribution < 1.29 is 18.7 Å². The minimum absolute atomic E-state index is 0.170. The fraction of sp³-hybridized carbons (Fsp3) is 0.136. The summed E-state index contributed by atoms with van der Waals surface area (Å²) in [6.07, 6.45) is 2.76. The molecule has 0 aliphatic heterocycles. The summed E-state index contributed by atoms with van der Waals surface area (Å²) in [7, 11) is 0. The van der Waals surface area contributed by atoms with E-state index in [4.69, 9.17) is 16.3 Å². The Morgan fingerprint density at radius 3 is 2.71 bits per heavy atom. The zero-order valence-corrected chi connectivity index (χ0v) is 18.0. The van der Waals surface area contributed by atoms with Gasteiger partial charge in [-0.3, -0.25) is 14.2 Å². The lowest BCUT2D eigenvalue weighted by Gasteiger charge is -2.06. The number of carbonyl (C=O) groups is 2. The van der Waals surface area contributed by atoms with Gasteiger partial charge in [0, 0.05) is 10.7 Å². The first-order chi connectivity index (χ1) is 14.9. The highest BCUT2D eigenvalue weighted by Crippen LogP contribution is 2.15. The van der Waals surface area contributed by atoms with Crippen LogP contribution in [-0.2, 0) is 20.9 Å². The van der Waals surface area contributed by atoms with E-state index in [1.807, 2.05) is 0 Å². The van der Waals surface area contributed by atoms with Gasteiger partial charge in [-0.2, -0.15) is 0 Å². The number of nitrogens with one attached hydrogen (secondary N) is 1. The van der Waals surface area contributed by atoms with Gasteiger partial charge in [0.05, 0.1) is 17.2 Å². The molecule has 0 saturated heterocycles. The van der Waals surface area contributed by atoms with Crippen molar-refractivity contribution in [1.82, 2.24) is 4.57 Å². The highest BCUT2D eigenvalue weighted by atomic mass is 35.5. The van der Waals surface area contributed by atoms with E-state index in [1.54, 1.807) is 37.3 Å². The zero-order chi connectivity index (χ0) is 22.4. The fourth-order valence-corrected chi connectivity index (χ4v) is 3.93. The molecule has 0 aliphatic carbocycles. The lowest BCUT2D eigenvalue weighted by Crippen LogP contribution is -2.36. The number of hydrogen-bond donors (Lipinski definition) is 1. The number of halogens is 2. The van der Waals surface area contributed by atoms with Crippen LogP contribution >= 0.6 is 22.9 Å². The Morgan fingerprint density at radius 2 is 2.00 bits per heavy atom. The number of rotatable bonds is 6. The third kappa shape index (κ3) is 5.90. The summed E-state index contributed by atoms with van der Waals surface area (Å²) in [5.74, 6) is -1.68. The maximum absolute atomic E-state index is 13.4. The second-order valence-corrected chi connectivity index (χ2v) is 7.79. The van der Waals surface area contributed by atoms with Gasteiger partial charge in [-0.1, -0.05) is 35.9 Å². The van der Waals surface area contributed by atoms with E-state index in [2.05, 4.69) is 5.32 Å². The Morgan fingerprint density at radius 1 is 1.23 bits per heavy atom. The van der Waals surface area contributed by atoms with Gasteiger partial charge in [-0.15, -0.1) is 11.3 Å². The summed E-state index contributed by atoms with van der Waals surface area (Å²) in [6, 6.07) is 12.4. The van der Waals surface area contributed by atoms with Gasteiger partial charge in [0.15, 0.2) is 0 Å². The van der Waals surface area contributed by atoms with E-state index in [1.165, 1.54) is 22.8 Å². The Labute approximate surface area is 185 Å². The van der Waals surface area contributed by atoms with Crippen LogP contribution in [0.5, 0.6) is 0 Å². The second-order valence-electron chi connectivity index (χ2n) is 6.32. The molecule has 0 fully saturated rings. The molecule has 0 radical (unpaired) electrons. The number of ether oxygens (including phenoxy) is 1. The standard InChI is InChI=1S/C22H18ClFN2O4S/c1-2-30-21(28)12-20-26(13-19(27)25-16-8-5-7-15(24)11-16)22(29)18(31-20)10-14-6-3-4-9-17(14)23/h3-12H,2,13H2,1H3,(H,25,27)/b18-10-,20-12-. The maximum atomic E-state index is 13.4. The lowest BCUT2D eigenvalue weighted by atomic mass is 10.2. The normalized spacial score (nSPS) is 12.1. The summed E-state index contributed by atoms with van der Waals surface area (Å²) in [6.45, 7) is 1.47. The molecule has 2 aromatic carbocycles. The minimum atomic E-state index is -0.632. The second kappa shape index (κ2) is 10.2. The molecule has 0 spiro atoms. The number of thiazole rings is 1. The quantitative estimate of drug-likeness (QED) is 0.573. The van der Waals surface area contributed by atoms with Gasteiger partial charge in [-0.05, 0) is 42.8 Å². The monoisotopic (exact) mass is 460 g/mol. The van der Waals surface area contributed by atoms with Crippen molar-refractivity contribution in [2.24, 2.45) is 0 Å². The first-order valence-electron chi connectivity index (χ1n) is 9.27. The van der Waals surface area contributed by atoms with Crippen LogP contribution in [0.3, 0.4) is 0 Å². The van der Waals surface area contributed by atoms with Crippen molar-refractivity contribution >= 4 is 52.7 Å². The van der Waals surface area contributed by atoms with E-state index >= 15 is 0 Å². The number of carbonyl (C=O) groups excluding carboxylic acids is 2. The summed E-state index contributed by atoms with van der Waals surface area (Å²) < 4.78 is 20.0. The Hall–Kier alpha value is -3.23. The average molecular weight is 461 g/mol. The topological polar surface area (TPSA) is 77.4 Å². The molecule has 0 aliphatic rings. The largest absolute Gasteiger partial charge is 0.463 e. The molecule has 6 nitrogen and oxygen atoms in total. The molecule has 1 amide bonds. The van der Waals surface area contributed by atoms with Gasteiger partial charge >= 0.3 is 5.97 Å². The third-order valence-corrected chi connectivity index (χ3v) is 5.47. The molecule has 0 atom stereocenters. The van der Waals surface area contributed by atoms with Crippen molar-refractivity contribution in [3.05, 3.63) is 84.5 Å². The molecular formula is C22H18ClFN2O4S. The molecule has 1 aromatic heterocycles. The minimum Gasteiger partial charge on any atom is -0.463 e. The van der Waals surface area contributed by atoms with Gasteiger partial charge in [0.2, 0.25) is 5.91 Å². The van der Waals surface area contributed by atoms with Crippen LogP contribution in [0, 0.1) is 5.82 Å². The Kier molecular flexibility index (Phi) is 7.38. The summed E-state index contributed by atoms with van der Waals surface area (Å²) in [4.78, 5) is 37.4. The molecule has 160 valence electrons. The summed E-state index contributed by atoms with van der Waals surface area (Å²) in [5.41, 5.74) is 0.420. The molecule has 9 heteroatoms. The molecule has 1 N–H and O–H groups in total. The van der Waals surface area contributed by atoms with Crippen molar-refractivity contribution in [3.8, 4) is 0 Å². The predicted molar refractivity (Wildman–Crippen MR) is 119 cm³/mol. The fourth-order valence-electron chi connectivity index (χ4n) is 2.72. The van der Waals surface area contributed by atoms with Crippen LogP contribution < -0.4 is 20.1 Å². The highest BCUT2D eigenvalue weighted by molar-refractivity contribution is 7.07. The summed E-state index contributed by atoms with van der Waals surface area (Å²) in [5, 5.41) is 3.00. The SMILES string of the molecule is CCOC(=O)/C=c1\s/c(=C\c2ccccc2Cl)c(=O)n1CC(=O)Nc1cccc(F)c1. The molecule has 3 aromatic rings. The zero-order valence-electron chi connectivity index (χ0n) is 16.4. The van der Waals surface area contributed by atoms with E-state index in [0.29, 0.717) is 15.1 Å². The van der Waals surface area contributed by atoms with Gasteiger partial charge in [0.1, 0.15) is 17.0 Å². The van der Waals surface area contributed by atoms with E-state index < -0.39 is 23.3 Å². The number of hydrogen-bond acceptors (Lipinski definition) is 5. The van der Waals surface area contributed by atoms with Crippen molar-refractivity contribution in [1.29, 1.82) is 0 Å². The predicted octanol–water partition coefficient (Wildman–Crippen LogP) is 2.51. The molecule has 0 unspecified atom stereocenters. The third-order valence-electron chi connectivity index (χ3n) is 4.07.